The van der Waals surface area contributed by atoms with Gasteiger partial charge in [-0.3, -0.25) is 4.79 Å². The second-order valence-electron chi connectivity index (χ2n) is 7.16. The number of hydrogen-bond acceptors (Lipinski definition) is 5. The molecule has 1 aliphatic heterocycles. The summed E-state index contributed by atoms with van der Waals surface area (Å²) in [5.41, 5.74) is 2.75. The van der Waals surface area contributed by atoms with Crippen LogP contribution in [0.1, 0.15) is 23.3 Å². The quantitative estimate of drug-likeness (QED) is 0.489. The number of imidazole rings is 1. The smallest absolute Gasteiger partial charge is 0.273 e. The van der Waals surface area contributed by atoms with Crippen LogP contribution in [0.4, 0.5) is 0 Å². The predicted octanol–water partition coefficient (Wildman–Crippen LogP) is 4.77. The zero-order chi connectivity index (χ0) is 18.9. The van der Waals surface area contributed by atoms with Gasteiger partial charge in [0.25, 0.3) is 5.91 Å². The van der Waals surface area contributed by atoms with Gasteiger partial charge in [-0.05, 0) is 42.3 Å². The number of hydrogen-bond donors (Lipinski definition) is 0. The maximum Gasteiger partial charge on any atom is 0.273 e. The summed E-state index contributed by atoms with van der Waals surface area (Å²) < 4.78 is 2.21. The number of thiazole rings is 1. The van der Waals surface area contributed by atoms with Gasteiger partial charge in [0, 0.05) is 25.0 Å². The first-order chi connectivity index (χ1) is 13.8. The second kappa shape index (κ2) is 7.48. The Morgan fingerprint density at radius 3 is 3.00 bits per heavy atom. The van der Waals surface area contributed by atoms with Gasteiger partial charge in [-0.2, -0.15) is 0 Å². The fraction of sp³-hybridized carbons (Fsp3) is 0.286. The van der Waals surface area contributed by atoms with Crippen LogP contribution in [0.2, 0.25) is 0 Å². The normalized spacial score (nSPS) is 17.3. The van der Waals surface area contributed by atoms with E-state index in [1.165, 1.54) is 0 Å². The summed E-state index contributed by atoms with van der Waals surface area (Å²) in [5.74, 6) is 0.491. The number of likely N-dealkylation sites (tertiary alicyclic amines) is 1. The molecule has 0 bridgehead atoms. The lowest BCUT2D eigenvalue weighted by Gasteiger charge is -2.32. The van der Waals surface area contributed by atoms with Gasteiger partial charge in [-0.15, -0.1) is 22.7 Å². The Morgan fingerprint density at radius 1 is 1.18 bits per heavy atom. The summed E-state index contributed by atoms with van der Waals surface area (Å²) in [4.78, 5) is 25.2. The highest BCUT2D eigenvalue weighted by molar-refractivity contribution is 7.20. The van der Waals surface area contributed by atoms with E-state index in [1.807, 2.05) is 52.3 Å². The van der Waals surface area contributed by atoms with E-state index in [0.29, 0.717) is 11.6 Å². The molecule has 0 N–H and O–H groups in total. The molecule has 4 heterocycles. The highest BCUT2D eigenvalue weighted by Crippen LogP contribution is 2.29. The fourth-order valence-electron chi connectivity index (χ4n) is 3.88. The minimum atomic E-state index is 0.0549. The summed E-state index contributed by atoms with van der Waals surface area (Å²) in [6.07, 6.45) is 4.08. The third kappa shape index (κ3) is 3.36. The molecule has 0 unspecified atom stereocenters. The van der Waals surface area contributed by atoms with Crippen LogP contribution < -0.4 is 0 Å². The molecule has 1 fully saturated rings. The summed E-state index contributed by atoms with van der Waals surface area (Å²) in [6.45, 7) is 2.48. The van der Waals surface area contributed by atoms with Gasteiger partial charge in [0.2, 0.25) is 0 Å². The summed E-state index contributed by atoms with van der Waals surface area (Å²) in [6, 6.07) is 12.3. The van der Waals surface area contributed by atoms with Crippen molar-refractivity contribution in [3.8, 4) is 9.88 Å². The number of nitrogens with zero attached hydrogens (tertiary/aromatic N) is 4. The number of piperidine rings is 1. The molecule has 5 nitrogen and oxygen atoms in total. The van der Waals surface area contributed by atoms with Crippen LogP contribution in [0.25, 0.3) is 20.9 Å². The first kappa shape index (κ1) is 17.6. The van der Waals surface area contributed by atoms with Crippen LogP contribution in [0.3, 0.4) is 0 Å². The molecule has 0 saturated carbocycles. The van der Waals surface area contributed by atoms with Crippen LogP contribution in [0, 0.1) is 5.92 Å². The molecule has 1 saturated heterocycles. The molecule has 4 aromatic rings. The van der Waals surface area contributed by atoms with Crippen LogP contribution in [-0.2, 0) is 6.54 Å². The van der Waals surface area contributed by atoms with Gasteiger partial charge in [-0.1, -0.05) is 18.2 Å². The van der Waals surface area contributed by atoms with Crippen molar-refractivity contribution in [2.45, 2.75) is 19.4 Å². The lowest BCUT2D eigenvalue weighted by molar-refractivity contribution is 0.0658. The number of para-hydroxylation sites is 2. The molecule has 1 amide bonds. The lowest BCUT2D eigenvalue weighted by atomic mass is 9.97. The van der Waals surface area contributed by atoms with E-state index in [9.17, 15) is 4.79 Å². The molecule has 3 aromatic heterocycles. The number of thiophene rings is 1. The fourth-order valence-corrected chi connectivity index (χ4v) is 5.49. The molecule has 1 atom stereocenters. The van der Waals surface area contributed by atoms with Crippen molar-refractivity contribution in [2.24, 2.45) is 5.92 Å². The molecule has 5 rings (SSSR count). The summed E-state index contributed by atoms with van der Waals surface area (Å²) in [7, 11) is 0. The van der Waals surface area contributed by atoms with Crippen LogP contribution in [-0.4, -0.2) is 38.4 Å². The molecule has 1 aliphatic rings. The Morgan fingerprint density at radius 2 is 2.11 bits per heavy atom. The van der Waals surface area contributed by atoms with Crippen molar-refractivity contribution in [1.82, 2.24) is 19.4 Å². The van der Waals surface area contributed by atoms with Crippen molar-refractivity contribution in [3.05, 3.63) is 59.2 Å². The zero-order valence-electron chi connectivity index (χ0n) is 15.3. The largest absolute Gasteiger partial charge is 0.337 e. The number of rotatable bonds is 4. The van der Waals surface area contributed by atoms with Gasteiger partial charge in [0.1, 0.15) is 10.7 Å². The van der Waals surface area contributed by atoms with E-state index < -0.39 is 0 Å². The second-order valence-corrected chi connectivity index (χ2v) is 8.97. The average molecular weight is 409 g/mol. The van der Waals surface area contributed by atoms with Crippen LogP contribution >= 0.6 is 22.7 Å². The van der Waals surface area contributed by atoms with Crippen molar-refractivity contribution in [1.29, 1.82) is 0 Å². The number of benzene rings is 1. The Hall–Kier alpha value is -2.51. The molecular weight excluding hydrogens is 388 g/mol. The third-order valence-corrected chi connectivity index (χ3v) is 7.13. The highest BCUT2D eigenvalue weighted by atomic mass is 32.1. The van der Waals surface area contributed by atoms with Crippen LogP contribution in [0.5, 0.6) is 0 Å². The van der Waals surface area contributed by atoms with E-state index in [0.717, 1.165) is 53.4 Å². The average Bonchev–Trinajstić information content (AvgIpc) is 3.48. The van der Waals surface area contributed by atoms with E-state index in [2.05, 4.69) is 20.6 Å². The highest BCUT2D eigenvalue weighted by Gasteiger charge is 2.26. The Bertz CT molecular complexity index is 1100. The maximum atomic E-state index is 13.0. The molecular formula is C21H20N4OS2. The molecule has 0 radical (unpaired) electrons. The number of aromatic nitrogens is 3. The monoisotopic (exact) mass is 408 g/mol. The zero-order valence-corrected chi connectivity index (χ0v) is 17.0. The molecule has 1 aromatic carbocycles. The number of fused-ring (bicyclic) bond motifs is 1. The van der Waals surface area contributed by atoms with Gasteiger partial charge in [-0.25, -0.2) is 9.97 Å². The van der Waals surface area contributed by atoms with Crippen molar-refractivity contribution in [3.63, 3.8) is 0 Å². The minimum Gasteiger partial charge on any atom is -0.337 e. The molecule has 7 heteroatoms. The van der Waals surface area contributed by atoms with E-state index in [-0.39, 0.29) is 5.91 Å². The topological polar surface area (TPSA) is 51.0 Å². The van der Waals surface area contributed by atoms with Crippen molar-refractivity contribution in [2.75, 3.05) is 13.1 Å². The SMILES string of the molecule is O=C(c1csc(-c2cccs2)n1)N1CCC[C@@H](Cn2cnc3ccccc32)C1. The number of carbonyl (C=O) groups excluding carboxylic acids is 1. The number of carbonyl (C=O) groups is 1. The van der Waals surface area contributed by atoms with Gasteiger partial charge in [0.15, 0.2) is 0 Å². The summed E-state index contributed by atoms with van der Waals surface area (Å²) in [5, 5.41) is 4.86. The van der Waals surface area contributed by atoms with Crippen LogP contribution in [0.15, 0.2) is 53.5 Å². The lowest BCUT2D eigenvalue weighted by Crippen LogP contribution is -2.41. The molecule has 0 spiro atoms. The standard InChI is InChI=1S/C21H20N4OS2/c26-21(17-13-28-20(23-17)19-8-4-10-27-19)24-9-3-5-15(11-24)12-25-14-22-16-6-1-2-7-18(16)25/h1-2,4,6-8,10,13-15H,3,5,9,11-12H2/t15-/m1/s1. The van der Waals surface area contributed by atoms with E-state index >= 15 is 0 Å². The van der Waals surface area contributed by atoms with E-state index in [4.69, 9.17) is 0 Å². The molecule has 0 aliphatic carbocycles. The third-order valence-electron chi connectivity index (χ3n) is 5.24. The predicted molar refractivity (Wildman–Crippen MR) is 114 cm³/mol. The van der Waals surface area contributed by atoms with Gasteiger partial charge < -0.3 is 9.47 Å². The molecule has 142 valence electrons. The maximum absolute atomic E-state index is 13.0. The Balaban J connectivity index is 1.29. The van der Waals surface area contributed by atoms with Crippen molar-refractivity contribution < 1.29 is 4.79 Å². The van der Waals surface area contributed by atoms with Crippen molar-refractivity contribution >= 4 is 39.6 Å². The first-order valence-corrected chi connectivity index (χ1v) is 11.2. The summed E-state index contributed by atoms with van der Waals surface area (Å²) >= 11 is 3.20. The van der Waals surface area contributed by atoms with E-state index in [1.54, 1.807) is 22.7 Å². The first-order valence-electron chi connectivity index (χ1n) is 9.46. The Labute approximate surface area is 171 Å². The Kier molecular flexibility index (Phi) is 4.70. The van der Waals surface area contributed by atoms with Gasteiger partial charge in [0.05, 0.1) is 22.2 Å². The van der Waals surface area contributed by atoms with Gasteiger partial charge >= 0.3 is 0 Å². The minimum absolute atomic E-state index is 0.0549. The molecule has 28 heavy (non-hydrogen) atoms. The number of amides is 1.